The summed E-state index contributed by atoms with van der Waals surface area (Å²) in [7, 11) is 1.71. The van der Waals surface area contributed by atoms with Gasteiger partial charge in [-0.15, -0.1) is 0 Å². The monoisotopic (exact) mass is 279 g/mol. The predicted molar refractivity (Wildman–Crippen MR) is 82.6 cm³/mol. The highest BCUT2D eigenvalue weighted by Crippen LogP contribution is 2.34. The van der Waals surface area contributed by atoms with Gasteiger partial charge in [0.1, 0.15) is 5.75 Å². The Balaban J connectivity index is 1.88. The van der Waals surface area contributed by atoms with Gasteiger partial charge in [-0.3, -0.25) is 4.98 Å². The van der Waals surface area contributed by atoms with Crippen LogP contribution < -0.4 is 10.1 Å². The number of nitrogens with one attached hydrogen (secondary N) is 2. The average Bonchev–Trinajstić information content (AvgIpc) is 2.93. The Morgan fingerprint density at radius 3 is 2.86 bits per heavy atom. The number of fused-ring (bicyclic) bond motifs is 3. The zero-order valence-electron chi connectivity index (χ0n) is 11.9. The number of ether oxygens (including phenoxy) is 1. The van der Waals surface area contributed by atoms with Gasteiger partial charge in [-0.05, 0) is 47.9 Å². The molecular weight excluding hydrogens is 262 g/mol. The molecule has 1 atom stereocenters. The number of hydrogen-bond acceptors (Lipinski definition) is 3. The Morgan fingerprint density at radius 1 is 1.19 bits per heavy atom. The standard InChI is InChI=1S/C17H17N3O/c1-21-12-2-3-15-14(10-12)13-6-9-19-16(17(13)20-15)11-4-7-18-8-5-11/h2-5,7-8,10,16,19-20H,6,9H2,1H3. The van der Waals surface area contributed by atoms with Gasteiger partial charge in [0, 0.05) is 35.5 Å². The lowest BCUT2D eigenvalue weighted by molar-refractivity contribution is 0.415. The molecule has 1 aliphatic heterocycles. The van der Waals surface area contributed by atoms with E-state index in [4.69, 9.17) is 4.74 Å². The Morgan fingerprint density at radius 2 is 2.05 bits per heavy atom. The van der Waals surface area contributed by atoms with Gasteiger partial charge in [0.05, 0.1) is 13.2 Å². The molecule has 0 radical (unpaired) electrons. The van der Waals surface area contributed by atoms with Crippen LogP contribution in [0.2, 0.25) is 0 Å². The summed E-state index contributed by atoms with van der Waals surface area (Å²) in [5, 5.41) is 4.86. The van der Waals surface area contributed by atoms with Crippen LogP contribution in [-0.4, -0.2) is 23.6 Å². The van der Waals surface area contributed by atoms with Crippen LogP contribution >= 0.6 is 0 Å². The highest BCUT2D eigenvalue weighted by atomic mass is 16.5. The lowest BCUT2D eigenvalue weighted by Crippen LogP contribution is -2.30. The normalized spacial score (nSPS) is 17.7. The van der Waals surface area contributed by atoms with E-state index >= 15 is 0 Å². The Hall–Kier alpha value is -2.33. The van der Waals surface area contributed by atoms with Crippen molar-refractivity contribution in [1.29, 1.82) is 0 Å². The first kappa shape index (κ1) is 12.4. The second kappa shape index (κ2) is 4.90. The number of pyridine rings is 1. The molecule has 1 aromatic carbocycles. The molecule has 0 aliphatic carbocycles. The van der Waals surface area contributed by atoms with Gasteiger partial charge in [-0.25, -0.2) is 0 Å². The molecule has 2 N–H and O–H groups in total. The first-order valence-electron chi connectivity index (χ1n) is 7.18. The fraction of sp³-hybridized carbons (Fsp3) is 0.235. The van der Waals surface area contributed by atoms with E-state index in [0.717, 1.165) is 18.7 Å². The van der Waals surface area contributed by atoms with Crippen LogP contribution in [0.15, 0.2) is 42.7 Å². The quantitative estimate of drug-likeness (QED) is 0.758. The van der Waals surface area contributed by atoms with E-state index in [1.807, 2.05) is 18.5 Å². The molecule has 0 spiro atoms. The van der Waals surface area contributed by atoms with Gasteiger partial charge in [-0.1, -0.05) is 0 Å². The number of benzene rings is 1. The lowest BCUT2D eigenvalue weighted by atomic mass is 9.95. The smallest absolute Gasteiger partial charge is 0.119 e. The van der Waals surface area contributed by atoms with Crippen molar-refractivity contribution in [3.63, 3.8) is 0 Å². The molecule has 21 heavy (non-hydrogen) atoms. The highest BCUT2D eigenvalue weighted by Gasteiger charge is 2.25. The third kappa shape index (κ3) is 1.99. The number of nitrogens with zero attached hydrogens (tertiary/aromatic N) is 1. The Bertz CT molecular complexity index is 779. The topological polar surface area (TPSA) is 49.9 Å². The molecule has 4 nitrogen and oxygen atoms in total. The van der Waals surface area contributed by atoms with Crippen molar-refractivity contribution in [2.75, 3.05) is 13.7 Å². The summed E-state index contributed by atoms with van der Waals surface area (Å²) >= 11 is 0. The number of rotatable bonds is 2. The van der Waals surface area contributed by atoms with Crippen molar-refractivity contribution < 1.29 is 4.74 Å². The maximum Gasteiger partial charge on any atom is 0.119 e. The molecule has 1 aliphatic rings. The molecular formula is C17H17N3O. The summed E-state index contributed by atoms with van der Waals surface area (Å²) in [5.41, 5.74) is 5.06. The Labute approximate surface area is 123 Å². The maximum atomic E-state index is 5.36. The van der Waals surface area contributed by atoms with Crippen LogP contribution in [0.4, 0.5) is 0 Å². The molecule has 0 amide bonds. The summed E-state index contributed by atoms with van der Waals surface area (Å²) in [6.45, 7) is 0.976. The van der Waals surface area contributed by atoms with Gasteiger partial charge < -0.3 is 15.0 Å². The van der Waals surface area contributed by atoms with Crippen LogP contribution in [-0.2, 0) is 6.42 Å². The SMILES string of the molecule is COc1ccc2[nH]c3c(c2c1)CCNC3c1ccncc1. The minimum absolute atomic E-state index is 0.204. The van der Waals surface area contributed by atoms with Gasteiger partial charge in [-0.2, -0.15) is 0 Å². The van der Waals surface area contributed by atoms with E-state index in [2.05, 4.69) is 39.6 Å². The number of hydrogen-bond donors (Lipinski definition) is 2. The van der Waals surface area contributed by atoms with Gasteiger partial charge in [0.15, 0.2) is 0 Å². The van der Waals surface area contributed by atoms with Crippen molar-refractivity contribution in [3.05, 3.63) is 59.5 Å². The van der Waals surface area contributed by atoms with E-state index < -0.39 is 0 Å². The second-order valence-electron chi connectivity index (χ2n) is 5.35. The first-order chi connectivity index (χ1) is 10.4. The van der Waals surface area contributed by atoms with E-state index in [-0.39, 0.29) is 6.04 Å². The van der Waals surface area contributed by atoms with E-state index in [1.54, 1.807) is 7.11 Å². The second-order valence-corrected chi connectivity index (χ2v) is 5.35. The first-order valence-corrected chi connectivity index (χ1v) is 7.18. The maximum absolute atomic E-state index is 5.36. The molecule has 2 aromatic heterocycles. The van der Waals surface area contributed by atoms with E-state index in [1.165, 1.54) is 27.7 Å². The van der Waals surface area contributed by atoms with Gasteiger partial charge >= 0.3 is 0 Å². The summed E-state index contributed by atoms with van der Waals surface area (Å²) < 4.78 is 5.36. The Kier molecular flexibility index (Phi) is 2.89. The molecule has 0 fully saturated rings. The largest absolute Gasteiger partial charge is 0.497 e. The third-order valence-electron chi connectivity index (χ3n) is 4.20. The van der Waals surface area contributed by atoms with Crippen LogP contribution in [0.5, 0.6) is 5.75 Å². The van der Waals surface area contributed by atoms with Crippen LogP contribution in [0, 0.1) is 0 Å². The van der Waals surface area contributed by atoms with Gasteiger partial charge in [0.2, 0.25) is 0 Å². The van der Waals surface area contributed by atoms with Crippen molar-refractivity contribution in [2.24, 2.45) is 0 Å². The number of aromatic amines is 1. The molecule has 0 saturated carbocycles. The van der Waals surface area contributed by atoms with Crippen molar-refractivity contribution >= 4 is 10.9 Å². The summed E-state index contributed by atoms with van der Waals surface area (Å²) in [6.07, 6.45) is 4.72. The molecule has 3 heterocycles. The fourth-order valence-corrected chi connectivity index (χ4v) is 3.17. The average molecular weight is 279 g/mol. The van der Waals surface area contributed by atoms with Crippen molar-refractivity contribution in [1.82, 2.24) is 15.3 Å². The summed E-state index contributed by atoms with van der Waals surface area (Å²) in [5.74, 6) is 0.906. The zero-order valence-corrected chi connectivity index (χ0v) is 11.9. The minimum atomic E-state index is 0.204. The molecule has 106 valence electrons. The third-order valence-corrected chi connectivity index (χ3v) is 4.20. The fourth-order valence-electron chi connectivity index (χ4n) is 3.17. The van der Waals surface area contributed by atoms with Crippen LogP contribution in [0.1, 0.15) is 22.9 Å². The van der Waals surface area contributed by atoms with E-state index in [0.29, 0.717) is 0 Å². The van der Waals surface area contributed by atoms with Crippen molar-refractivity contribution in [2.45, 2.75) is 12.5 Å². The minimum Gasteiger partial charge on any atom is -0.497 e. The molecule has 1 unspecified atom stereocenters. The van der Waals surface area contributed by atoms with Crippen molar-refractivity contribution in [3.8, 4) is 5.75 Å². The van der Waals surface area contributed by atoms with Crippen LogP contribution in [0.3, 0.4) is 0 Å². The summed E-state index contributed by atoms with van der Waals surface area (Å²) in [6, 6.07) is 10.6. The number of methoxy groups -OCH3 is 1. The molecule has 3 aromatic rings. The molecule has 0 saturated heterocycles. The molecule has 4 rings (SSSR count). The van der Waals surface area contributed by atoms with E-state index in [9.17, 15) is 0 Å². The molecule has 4 heteroatoms. The van der Waals surface area contributed by atoms with Gasteiger partial charge in [0.25, 0.3) is 0 Å². The highest BCUT2D eigenvalue weighted by molar-refractivity contribution is 5.86. The number of H-pyrrole nitrogens is 1. The molecule has 0 bridgehead atoms. The summed E-state index contributed by atoms with van der Waals surface area (Å²) in [4.78, 5) is 7.68. The lowest BCUT2D eigenvalue weighted by Gasteiger charge is -2.24. The number of aromatic nitrogens is 2. The predicted octanol–water partition coefficient (Wildman–Crippen LogP) is 2.81. The zero-order chi connectivity index (χ0) is 14.2. The van der Waals surface area contributed by atoms with Crippen LogP contribution in [0.25, 0.3) is 10.9 Å².